The van der Waals surface area contributed by atoms with Gasteiger partial charge in [-0.15, -0.1) is 0 Å². The molecule has 3 N–H and O–H groups in total. The zero-order valence-corrected chi connectivity index (χ0v) is 17.1. The topological polar surface area (TPSA) is 104 Å². The van der Waals surface area contributed by atoms with Gasteiger partial charge in [0, 0.05) is 5.56 Å². The molecule has 0 aliphatic carbocycles. The number of pyridine rings is 1. The highest BCUT2D eigenvalue weighted by Crippen LogP contribution is 2.34. The van der Waals surface area contributed by atoms with Crippen molar-refractivity contribution in [1.82, 2.24) is 15.0 Å². The largest absolute Gasteiger partial charge is 0.493 e. The van der Waals surface area contributed by atoms with Crippen LogP contribution in [0.25, 0.3) is 22.3 Å². The lowest BCUT2D eigenvalue weighted by atomic mass is 10.1. The number of nitrogens with one attached hydrogen (secondary N) is 1. The highest BCUT2D eigenvalue weighted by atomic mass is 19.1. The summed E-state index contributed by atoms with van der Waals surface area (Å²) < 4.78 is 30.0. The number of rotatable bonds is 6. The summed E-state index contributed by atoms with van der Waals surface area (Å²) in [4.78, 5) is 13.2. The summed E-state index contributed by atoms with van der Waals surface area (Å²) >= 11 is 0. The molecule has 0 atom stereocenters. The molecule has 0 radical (unpaired) electrons. The van der Waals surface area contributed by atoms with Gasteiger partial charge < -0.3 is 25.3 Å². The Morgan fingerprint density at radius 2 is 1.68 bits per heavy atom. The summed E-state index contributed by atoms with van der Waals surface area (Å²) in [6.07, 6.45) is 0. The predicted molar refractivity (Wildman–Crippen MR) is 117 cm³/mol. The second-order valence-corrected chi connectivity index (χ2v) is 6.51. The van der Waals surface area contributed by atoms with Crippen molar-refractivity contribution in [3.63, 3.8) is 0 Å². The van der Waals surface area contributed by atoms with Gasteiger partial charge in [-0.25, -0.2) is 14.4 Å². The number of methoxy groups -OCH3 is 3. The molecule has 2 heterocycles. The minimum Gasteiger partial charge on any atom is -0.493 e. The summed E-state index contributed by atoms with van der Waals surface area (Å²) in [7, 11) is 4.54. The van der Waals surface area contributed by atoms with Gasteiger partial charge in [0.1, 0.15) is 5.52 Å². The number of hydrogen-bond donors (Lipinski definition) is 2. The number of ether oxygens (including phenoxy) is 3. The molecular weight excluding hydrogens is 401 g/mol. The Bertz CT molecular complexity index is 1270. The summed E-state index contributed by atoms with van der Waals surface area (Å²) in [6.45, 7) is 0. The van der Waals surface area contributed by atoms with E-state index < -0.39 is 5.82 Å². The van der Waals surface area contributed by atoms with Crippen LogP contribution in [0.2, 0.25) is 0 Å². The quantitative estimate of drug-likeness (QED) is 0.478. The molecule has 9 heteroatoms. The normalized spacial score (nSPS) is 10.7. The molecule has 0 saturated carbocycles. The second-order valence-electron chi connectivity index (χ2n) is 6.51. The molecule has 0 amide bonds. The van der Waals surface area contributed by atoms with E-state index in [1.54, 1.807) is 38.5 Å². The Balaban J connectivity index is 1.83. The van der Waals surface area contributed by atoms with Gasteiger partial charge in [-0.2, -0.15) is 4.98 Å². The van der Waals surface area contributed by atoms with Crippen molar-refractivity contribution in [1.29, 1.82) is 0 Å². The first kappa shape index (κ1) is 20.1. The molecule has 0 saturated heterocycles. The molecule has 2 aromatic heterocycles. The molecule has 4 rings (SSSR count). The van der Waals surface area contributed by atoms with Crippen LogP contribution < -0.4 is 25.3 Å². The molecule has 8 nitrogen and oxygen atoms in total. The number of fused-ring (bicyclic) bond motifs is 1. The Kier molecular flexibility index (Phi) is 5.40. The number of nitrogen functional groups attached to an aromatic ring is 1. The standard InChI is InChI=1S/C22H20FN5O3/c1-29-17-10-7-12(11-18(17)30-2)14-8-9-15-19(25-14)21(28-22(24)27-15)26-16-6-4-5-13(23)20(16)31-3/h4-11H,1-3H3,(H3,24,26,27,28). The van der Waals surface area contributed by atoms with Crippen LogP contribution >= 0.6 is 0 Å². The van der Waals surface area contributed by atoms with E-state index in [4.69, 9.17) is 24.9 Å². The van der Waals surface area contributed by atoms with Crippen LogP contribution in [0, 0.1) is 5.82 Å². The number of aromatic nitrogens is 3. The maximum atomic E-state index is 14.1. The Morgan fingerprint density at radius 3 is 2.42 bits per heavy atom. The van der Waals surface area contributed by atoms with Crippen LogP contribution in [0.3, 0.4) is 0 Å². The highest BCUT2D eigenvalue weighted by Gasteiger charge is 2.15. The van der Waals surface area contributed by atoms with E-state index in [0.29, 0.717) is 39.7 Å². The molecule has 0 unspecified atom stereocenters. The van der Waals surface area contributed by atoms with Gasteiger partial charge in [0.25, 0.3) is 0 Å². The van der Waals surface area contributed by atoms with Crippen LogP contribution in [0.4, 0.5) is 21.8 Å². The van der Waals surface area contributed by atoms with E-state index in [9.17, 15) is 4.39 Å². The van der Waals surface area contributed by atoms with Crippen molar-refractivity contribution >= 4 is 28.5 Å². The summed E-state index contributed by atoms with van der Waals surface area (Å²) in [5.74, 6) is 1.14. The van der Waals surface area contributed by atoms with E-state index >= 15 is 0 Å². The van der Waals surface area contributed by atoms with Crippen molar-refractivity contribution < 1.29 is 18.6 Å². The monoisotopic (exact) mass is 421 g/mol. The van der Waals surface area contributed by atoms with E-state index in [1.807, 2.05) is 18.2 Å². The van der Waals surface area contributed by atoms with Crippen molar-refractivity contribution in [3.05, 3.63) is 54.3 Å². The van der Waals surface area contributed by atoms with Crippen LogP contribution in [0.15, 0.2) is 48.5 Å². The smallest absolute Gasteiger partial charge is 0.222 e. The minimum atomic E-state index is -0.502. The van der Waals surface area contributed by atoms with Gasteiger partial charge in [-0.3, -0.25) is 0 Å². The van der Waals surface area contributed by atoms with E-state index in [2.05, 4.69) is 15.3 Å². The number of para-hydroxylation sites is 1. The first-order valence-corrected chi connectivity index (χ1v) is 9.30. The maximum Gasteiger partial charge on any atom is 0.222 e. The third kappa shape index (κ3) is 3.85. The number of halogens is 1. The molecular formula is C22H20FN5O3. The average molecular weight is 421 g/mol. The number of hydrogen-bond acceptors (Lipinski definition) is 8. The van der Waals surface area contributed by atoms with Crippen LogP contribution in [-0.4, -0.2) is 36.3 Å². The summed E-state index contributed by atoms with van der Waals surface area (Å²) in [5, 5.41) is 3.06. The van der Waals surface area contributed by atoms with E-state index in [-0.39, 0.29) is 11.7 Å². The summed E-state index contributed by atoms with van der Waals surface area (Å²) in [6, 6.07) is 13.7. The number of nitrogens with two attached hydrogens (primary N) is 1. The number of nitrogens with zero attached hydrogens (tertiary/aromatic N) is 3. The molecule has 158 valence electrons. The van der Waals surface area contributed by atoms with E-state index in [1.165, 1.54) is 13.2 Å². The fourth-order valence-electron chi connectivity index (χ4n) is 3.22. The molecule has 2 aromatic carbocycles. The lowest BCUT2D eigenvalue weighted by molar-refractivity contribution is 0.355. The summed E-state index contributed by atoms with van der Waals surface area (Å²) in [5.41, 5.74) is 8.74. The third-order valence-corrected chi connectivity index (χ3v) is 4.66. The zero-order valence-electron chi connectivity index (χ0n) is 17.1. The number of benzene rings is 2. The second kappa shape index (κ2) is 8.31. The molecule has 0 aliphatic heterocycles. The lowest BCUT2D eigenvalue weighted by Gasteiger charge is -2.13. The first-order valence-electron chi connectivity index (χ1n) is 9.30. The van der Waals surface area contributed by atoms with Gasteiger partial charge in [-0.05, 0) is 42.5 Å². The zero-order chi connectivity index (χ0) is 22.0. The molecule has 0 fully saturated rings. The Morgan fingerprint density at radius 1 is 0.871 bits per heavy atom. The van der Waals surface area contributed by atoms with Gasteiger partial charge >= 0.3 is 0 Å². The van der Waals surface area contributed by atoms with Crippen LogP contribution in [0.5, 0.6) is 17.2 Å². The third-order valence-electron chi connectivity index (χ3n) is 4.66. The van der Waals surface area contributed by atoms with Gasteiger partial charge in [0.2, 0.25) is 5.95 Å². The Labute approximate surface area is 177 Å². The molecule has 4 aromatic rings. The Hall–Kier alpha value is -4.14. The van der Waals surface area contributed by atoms with Crippen molar-refractivity contribution in [3.8, 4) is 28.5 Å². The van der Waals surface area contributed by atoms with Gasteiger partial charge in [-0.1, -0.05) is 6.07 Å². The average Bonchev–Trinajstić information content (AvgIpc) is 2.78. The molecule has 0 aliphatic rings. The van der Waals surface area contributed by atoms with Crippen molar-refractivity contribution in [2.24, 2.45) is 0 Å². The van der Waals surface area contributed by atoms with Crippen LogP contribution in [0.1, 0.15) is 0 Å². The fourth-order valence-corrected chi connectivity index (χ4v) is 3.22. The predicted octanol–water partition coefficient (Wildman–Crippen LogP) is 4.18. The first-order chi connectivity index (χ1) is 15.0. The van der Waals surface area contributed by atoms with Gasteiger partial charge in [0.15, 0.2) is 28.9 Å². The highest BCUT2D eigenvalue weighted by molar-refractivity contribution is 5.90. The molecule has 0 bridgehead atoms. The number of anilines is 3. The SMILES string of the molecule is COc1ccc(-c2ccc3nc(N)nc(Nc4cccc(F)c4OC)c3n2)cc1OC. The van der Waals surface area contributed by atoms with Gasteiger partial charge in [0.05, 0.1) is 38.2 Å². The molecule has 0 spiro atoms. The van der Waals surface area contributed by atoms with Crippen molar-refractivity contribution in [2.75, 3.05) is 32.4 Å². The fraction of sp³-hybridized carbons (Fsp3) is 0.136. The van der Waals surface area contributed by atoms with E-state index in [0.717, 1.165) is 5.56 Å². The lowest BCUT2D eigenvalue weighted by Crippen LogP contribution is -2.04. The minimum absolute atomic E-state index is 0.0591. The molecule has 31 heavy (non-hydrogen) atoms. The van der Waals surface area contributed by atoms with Crippen LogP contribution in [-0.2, 0) is 0 Å². The maximum absolute atomic E-state index is 14.1. The van der Waals surface area contributed by atoms with Crippen molar-refractivity contribution in [2.45, 2.75) is 0 Å².